The SMILES string of the molecule is COc1ccc(CN(Cc2cc3c(OC)ccc(OC)c3nc2N(C)C)C(=O)c2cccs2)cc1. The van der Waals surface area contributed by atoms with Crippen LogP contribution in [0.4, 0.5) is 5.82 Å². The van der Waals surface area contributed by atoms with Crippen molar-refractivity contribution in [1.82, 2.24) is 9.88 Å². The molecule has 8 heteroatoms. The Bertz CT molecular complexity index is 1300. The Morgan fingerprint density at radius 1 is 0.914 bits per heavy atom. The molecule has 0 saturated carbocycles. The number of ether oxygens (including phenoxy) is 3. The fourth-order valence-corrected chi connectivity index (χ4v) is 4.69. The van der Waals surface area contributed by atoms with Gasteiger partial charge in [-0.15, -0.1) is 11.3 Å². The molecule has 2 heterocycles. The van der Waals surface area contributed by atoms with Crippen molar-refractivity contribution in [3.63, 3.8) is 0 Å². The maximum Gasteiger partial charge on any atom is 0.264 e. The number of thiophene rings is 1. The largest absolute Gasteiger partial charge is 0.497 e. The predicted molar refractivity (Wildman–Crippen MR) is 140 cm³/mol. The zero-order chi connectivity index (χ0) is 24.9. The quantitative estimate of drug-likeness (QED) is 0.319. The summed E-state index contributed by atoms with van der Waals surface area (Å²) in [6.07, 6.45) is 0. The molecular weight excluding hydrogens is 462 g/mol. The predicted octanol–water partition coefficient (Wildman–Crippen LogP) is 5.23. The number of amides is 1. The normalized spacial score (nSPS) is 10.8. The molecule has 4 rings (SSSR count). The highest BCUT2D eigenvalue weighted by Crippen LogP contribution is 2.35. The molecule has 0 spiro atoms. The Balaban J connectivity index is 1.79. The molecule has 35 heavy (non-hydrogen) atoms. The molecule has 0 aliphatic heterocycles. The summed E-state index contributed by atoms with van der Waals surface area (Å²) in [5.74, 6) is 2.88. The van der Waals surface area contributed by atoms with Crippen LogP contribution in [0.25, 0.3) is 10.9 Å². The second-order valence-corrected chi connectivity index (χ2v) is 9.17. The van der Waals surface area contributed by atoms with Crippen molar-refractivity contribution in [1.29, 1.82) is 0 Å². The van der Waals surface area contributed by atoms with E-state index in [2.05, 4.69) is 0 Å². The molecular formula is C27H29N3O4S. The Morgan fingerprint density at radius 2 is 1.63 bits per heavy atom. The van der Waals surface area contributed by atoms with Crippen molar-refractivity contribution in [2.24, 2.45) is 0 Å². The highest BCUT2D eigenvalue weighted by molar-refractivity contribution is 7.12. The van der Waals surface area contributed by atoms with E-state index in [1.165, 1.54) is 11.3 Å². The lowest BCUT2D eigenvalue weighted by Crippen LogP contribution is -2.30. The summed E-state index contributed by atoms with van der Waals surface area (Å²) in [6, 6.07) is 17.3. The summed E-state index contributed by atoms with van der Waals surface area (Å²) < 4.78 is 16.5. The summed E-state index contributed by atoms with van der Waals surface area (Å²) in [4.78, 5) is 23.0. The number of methoxy groups -OCH3 is 3. The average molecular weight is 492 g/mol. The lowest BCUT2D eigenvalue weighted by atomic mass is 10.1. The Labute approximate surface area is 209 Å². The lowest BCUT2D eigenvalue weighted by molar-refractivity contribution is 0.0735. The monoisotopic (exact) mass is 491 g/mol. The van der Waals surface area contributed by atoms with E-state index >= 15 is 0 Å². The first kappa shape index (κ1) is 24.3. The zero-order valence-corrected chi connectivity index (χ0v) is 21.4. The number of rotatable bonds is 9. The molecule has 182 valence electrons. The molecule has 0 aliphatic carbocycles. The van der Waals surface area contributed by atoms with Crippen LogP contribution in [0, 0.1) is 0 Å². The molecule has 0 N–H and O–H groups in total. The maximum absolute atomic E-state index is 13.5. The Morgan fingerprint density at radius 3 is 2.23 bits per heavy atom. The topological polar surface area (TPSA) is 64.1 Å². The molecule has 0 bridgehead atoms. The van der Waals surface area contributed by atoms with Gasteiger partial charge in [0, 0.05) is 31.6 Å². The van der Waals surface area contributed by atoms with Crippen molar-refractivity contribution in [2.75, 3.05) is 40.3 Å². The zero-order valence-electron chi connectivity index (χ0n) is 20.6. The van der Waals surface area contributed by atoms with E-state index in [9.17, 15) is 4.79 Å². The van der Waals surface area contributed by atoms with Gasteiger partial charge < -0.3 is 24.0 Å². The van der Waals surface area contributed by atoms with Gasteiger partial charge >= 0.3 is 0 Å². The number of hydrogen-bond acceptors (Lipinski definition) is 7. The number of aromatic nitrogens is 1. The highest BCUT2D eigenvalue weighted by Gasteiger charge is 2.22. The van der Waals surface area contributed by atoms with Crippen LogP contribution >= 0.6 is 11.3 Å². The minimum atomic E-state index is -0.0294. The van der Waals surface area contributed by atoms with Crippen molar-refractivity contribution < 1.29 is 19.0 Å². The fraction of sp³-hybridized carbons (Fsp3) is 0.259. The minimum absolute atomic E-state index is 0.0294. The number of hydrogen-bond donors (Lipinski definition) is 0. The summed E-state index contributed by atoms with van der Waals surface area (Å²) in [7, 11) is 8.79. The van der Waals surface area contributed by atoms with Gasteiger partial charge in [0.2, 0.25) is 0 Å². The number of pyridine rings is 1. The van der Waals surface area contributed by atoms with E-state index in [0.717, 1.165) is 28.1 Å². The van der Waals surface area contributed by atoms with E-state index in [-0.39, 0.29) is 5.91 Å². The van der Waals surface area contributed by atoms with Crippen molar-refractivity contribution in [3.05, 3.63) is 76.0 Å². The maximum atomic E-state index is 13.5. The number of fused-ring (bicyclic) bond motifs is 1. The number of carbonyl (C=O) groups is 1. The van der Waals surface area contributed by atoms with Crippen LogP contribution in [0.2, 0.25) is 0 Å². The molecule has 2 aromatic heterocycles. The number of anilines is 1. The first-order valence-corrected chi connectivity index (χ1v) is 12.0. The number of nitrogens with zero attached hydrogens (tertiary/aromatic N) is 3. The molecule has 0 aliphatic rings. The number of carbonyl (C=O) groups excluding carboxylic acids is 1. The molecule has 4 aromatic rings. The van der Waals surface area contributed by atoms with Crippen molar-refractivity contribution in [2.45, 2.75) is 13.1 Å². The Hall–Kier alpha value is -3.78. The van der Waals surface area contributed by atoms with Gasteiger partial charge in [0.1, 0.15) is 28.6 Å². The van der Waals surface area contributed by atoms with E-state index in [1.54, 1.807) is 21.3 Å². The molecule has 0 atom stereocenters. The summed E-state index contributed by atoms with van der Waals surface area (Å²) in [5, 5.41) is 2.75. The molecule has 2 aromatic carbocycles. The van der Waals surface area contributed by atoms with Crippen LogP contribution in [0.1, 0.15) is 20.8 Å². The second kappa shape index (κ2) is 10.7. The molecule has 1 amide bonds. The van der Waals surface area contributed by atoms with Crippen LogP contribution in [-0.2, 0) is 13.1 Å². The van der Waals surface area contributed by atoms with Crippen LogP contribution in [0.3, 0.4) is 0 Å². The van der Waals surface area contributed by atoms with Crippen molar-refractivity contribution in [3.8, 4) is 17.2 Å². The first-order valence-electron chi connectivity index (χ1n) is 11.1. The van der Waals surface area contributed by atoms with Gasteiger partial charge in [-0.2, -0.15) is 0 Å². The molecule has 0 saturated heterocycles. The van der Waals surface area contributed by atoms with Gasteiger partial charge in [0.25, 0.3) is 5.91 Å². The van der Waals surface area contributed by atoms with Gasteiger partial charge in [-0.25, -0.2) is 4.98 Å². The number of benzene rings is 2. The van der Waals surface area contributed by atoms with Gasteiger partial charge in [-0.05, 0) is 47.3 Å². The van der Waals surface area contributed by atoms with E-state index in [0.29, 0.717) is 35.0 Å². The van der Waals surface area contributed by atoms with Crippen LogP contribution in [0.5, 0.6) is 17.2 Å². The van der Waals surface area contributed by atoms with Crippen LogP contribution < -0.4 is 19.1 Å². The minimum Gasteiger partial charge on any atom is -0.497 e. The van der Waals surface area contributed by atoms with Gasteiger partial charge in [-0.1, -0.05) is 18.2 Å². The highest BCUT2D eigenvalue weighted by atomic mass is 32.1. The third-order valence-corrected chi connectivity index (χ3v) is 6.60. The summed E-state index contributed by atoms with van der Waals surface area (Å²) >= 11 is 1.44. The van der Waals surface area contributed by atoms with E-state index < -0.39 is 0 Å². The molecule has 0 fully saturated rings. The smallest absolute Gasteiger partial charge is 0.264 e. The Kier molecular flexibility index (Phi) is 7.41. The van der Waals surface area contributed by atoms with Crippen molar-refractivity contribution >= 4 is 34.0 Å². The second-order valence-electron chi connectivity index (χ2n) is 8.22. The van der Waals surface area contributed by atoms with Gasteiger partial charge in [0.05, 0.1) is 32.8 Å². The summed E-state index contributed by atoms with van der Waals surface area (Å²) in [5.41, 5.74) is 2.63. The third-order valence-electron chi connectivity index (χ3n) is 5.74. The van der Waals surface area contributed by atoms with E-state index in [1.807, 2.05) is 83.9 Å². The molecule has 0 unspecified atom stereocenters. The van der Waals surface area contributed by atoms with Gasteiger partial charge in [0.15, 0.2) is 0 Å². The standard InChI is InChI=1S/C27H29N3O4S/c1-29(2)26-19(15-21-22(33-4)12-13-23(34-5)25(21)28-26)17-30(27(31)24-7-6-14-35-24)16-18-8-10-20(32-3)11-9-18/h6-15H,16-17H2,1-5H3. The molecule has 0 radical (unpaired) electrons. The molecule has 7 nitrogen and oxygen atoms in total. The van der Waals surface area contributed by atoms with E-state index in [4.69, 9.17) is 19.2 Å². The third kappa shape index (κ3) is 5.17. The van der Waals surface area contributed by atoms with Crippen LogP contribution in [0.15, 0.2) is 60.0 Å². The lowest BCUT2D eigenvalue weighted by Gasteiger charge is -2.26. The first-order chi connectivity index (χ1) is 16.9. The summed E-state index contributed by atoms with van der Waals surface area (Å²) in [6.45, 7) is 0.820. The fourth-order valence-electron chi connectivity index (χ4n) is 4.00. The van der Waals surface area contributed by atoms with Crippen LogP contribution in [-0.4, -0.2) is 51.2 Å². The van der Waals surface area contributed by atoms with Gasteiger partial charge in [-0.3, -0.25) is 4.79 Å². The average Bonchev–Trinajstić information content (AvgIpc) is 3.42.